The van der Waals surface area contributed by atoms with Crippen LogP contribution >= 0.6 is 11.6 Å². The van der Waals surface area contributed by atoms with Crippen molar-refractivity contribution in [1.82, 2.24) is 0 Å². The average molecular weight is 397 g/mol. The summed E-state index contributed by atoms with van der Waals surface area (Å²) in [5, 5.41) is 59.8. The quantitative estimate of drug-likeness (QED) is 0.447. The maximum atomic E-state index is 10.6. The Labute approximate surface area is 160 Å². The van der Waals surface area contributed by atoms with Gasteiger partial charge in [0, 0.05) is 10.6 Å². The Morgan fingerprint density at radius 3 is 2.26 bits per heavy atom. The van der Waals surface area contributed by atoms with Crippen LogP contribution in [0.3, 0.4) is 0 Å². The maximum Gasteiger partial charge on any atom is 0.115 e. The van der Waals surface area contributed by atoms with Gasteiger partial charge in [-0.3, -0.25) is 0 Å². The normalized spacial score (nSPS) is 29.5. The third kappa shape index (κ3) is 3.95. The van der Waals surface area contributed by atoms with Gasteiger partial charge in [-0.15, -0.1) is 0 Å². The van der Waals surface area contributed by atoms with Crippen molar-refractivity contribution in [3.05, 3.63) is 64.2 Å². The van der Waals surface area contributed by atoms with E-state index in [0.29, 0.717) is 16.7 Å². The first-order valence-corrected chi connectivity index (χ1v) is 8.78. The zero-order valence-corrected chi connectivity index (χ0v) is 14.9. The Balaban J connectivity index is 1.93. The zero-order valence-electron chi connectivity index (χ0n) is 14.2. The number of ether oxygens (including phenoxy) is 1. The standard InChI is InChI=1S/C19H21ClO7/c20-13-6-3-10(19-18(26)17(25)16(24)14(8-21)27-19)7-12(13)15(23)9-1-4-11(22)5-2-9/h1-7,14-19,21-26H,8H2/t14-,15?,16-,17+,18-,19+/m1/s1. The third-order valence-electron chi connectivity index (χ3n) is 4.74. The average Bonchev–Trinajstić information content (AvgIpc) is 2.67. The molecule has 1 heterocycles. The summed E-state index contributed by atoms with van der Waals surface area (Å²) in [5.41, 5.74) is 1.27. The lowest BCUT2D eigenvalue weighted by molar-refractivity contribution is -0.231. The molecule has 8 heteroatoms. The minimum absolute atomic E-state index is 0.0621. The van der Waals surface area contributed by atoms with E-state index in [4.69, 9.17) is 16.3 Å². The molecule has 1 saturated heterocycles. The SMILES string of the molecule is OC[C@H]1O[C@@H](c2ccc(Cl)c(C(O)c3ccc(O)cc3)c2)[C@H](O)[C@@H](O)[C@@H]1O. The van der Waals surface area contributed by atoms with Gasteiger partial charge in [-0.25, -0.2) is 0 Å². The van der Waals surface area contributed by atoms with Crippen LogP contribution in [0, 0.1) is 0 Å². The van der Waals surface area contributed by atoms with Crippen molar-refractivity contribution in [2.75, 3.05) is 6.61 Å². The Morgan fingerprint density at radius 2 is 1.63 bits per heavy atom. The second kappa shape index (κ2) is 8.12. The molecule has 0 spiro atoms. The number of benzene rings is 2. The molecule has 0 bridgehead atoms. The fraction of sp³-hybridized carbons (Fsp3) is 0.368. The molecule has 2 aromatic rings. The minimum Gasteiger partial charge on any atom is -0.508 e. The first kappa shape index (κ1) is 20.0. The largest absolute Gasteiger partial charge is 0.508 e. The number of rotatable bonds is 4. The lowest BCUT2D eigenvalue weighted by atomic mass is 9.89. The van der Waals surface area contributed by atoms with Crippen LogP contribution < -0.4 is 0 Å². The van der Waals surface area contributed by atoms with Crippen molar-refractivity contribution in [2.45, 2.75) is 36.6 Å². The summed E-state index contributed by atoms with van der Waals surface area (Å²) in [4.78, 5) is 0. The van der Waals surface area contributed by atoms with Gasteiger partial charge in [-0.1, -0.05) is 29.8 Å². The molecule has 0 aromatic heterocycles. The van der Waals surface area contributed by atoms with Gasteiger partial charge >= 0.3 is 0 Å². The van der Waals surface area contributed by atoms with Gasteiger partial charge < -0.3 is 35.4 Å². The Hall–Kier alpha value is -1.71. The maximum absolute atomic E-state index is 10.6. The third-order valence-corrected chi connectivity index (χ3v) is 5.09. The molecule has 6 atom stereocenters. The van der Waals surface area contributed by atoms with E-state index in [1.54, 1.807) is 18.2 Å². The van der Waals surface area contributed by atoms with E-state index in [0.717, 1.165) is 0 Å². The van der Waals surface area contributed by atoms with Crippen LogP contribution in [-0.4, -0.2) is 61.7 Å². The number of phenols is 1. The van der Waals surface area contributed by atoms with E-state index in [1.807, 2.05) is 0 Å². The molecule has 1 unspecified atom stereocenters. The number of halogens is 1. The number of aromatic hydroxyl groups is 1. The van der Waals surface area contributed by atoms with Gasteiger partial charge in [0.1, 0.15) is 42.4 Å². The molecule has 0 amide bonds. The van der Waals surface area contributed by atoms with Crippen LogP contribution in [0.25, 0.3) is 0 Å². The van der Waals surface area contributed by atoms with Crippen molar-refractivity contribution in [3.8, 4) is 5.75 Å². The highest BCUT2D eigenvalue weighted by molar-refractivity contribution is 6.31. The number of hydrogen-bond acceptors (Lipinski definition) is 7. The molecule has 1 aliphatic heterocycles. The van der Waals surface area contributed by atoms with Gasteiger partial charge in [-0.05, 0) is 35.4 Å². The molecule has 1 aliphatic rings. The van der Waals surface area contributed by atoms with E-state index in [1.165, 1.54) is 24.3 Å². The van der Waals surface area contributed by atoms with Gasteiger partial charge in [0.05, 0.1) is 6.61 Å². The van der Waals surface area contributed by atoms with Crippen molar-refractivity contribution >= 4 is 11.6 Å². The summed E-state index contributed by atoms with van der Waals surface area (Å²) in [6, 6.07) is 10.6. The summed E-state index contributed by atoms with van der Waals surface area (Å²) >= 11 is 6.21. The molecule has 3 rings (SSSR count). The molecule has 0 radical (unpaired) electrons. The topological polar surface area (TPSA) is 131 Å². The van der Waals surface area contributed by atoms with Crippen LogP contribution in [0.2, 0.25) is 5.02 Å². The predicted molar refractivity (Wildman–Crippen MR) is 96.3 cm³/mol. The highest BCUT2D eigenvalue weighted by Crippen LogP contribution is 2.36. The van der Waals surface area contributed by atoms with Crippen molar-refractivity contribution in [2.24, 2.45) is 0 Å². The molecule has 6 N–H and O–H groups in total. The molecule has 27 heavy (non-hydrogen) atoms. The Bertz CT molecular complexity index is 780. The van der Waals surface area contributed by atoms with E-state index in [-0.39, 0.29) is 10.8 Å². The van der Waals surface area contributed by atoms with Crippen LogP contribution in [-0.2, 0) is 4.74 Å². The molecule has 146 valence electrons. The second-order valence-electron chi connectivity index (χ2n) is 6.52. The number of aliphatic hydroxyl groups excluding tert-OH is 5. The van der Waals surface area contributed by atoms with E-state index in [9.17, 15) is 30.6 Å². The predicted octanol–water partition coefficient (Wildman–Crippen LogP) is 0.642. The number of phenolic OH excluding ortho intramolecular Hbond substituents is 1. The van der Waals surface area contributed by atoms with Gasteiger partial charge in [0.2, 0.25) is 0 Å². The first-order valence-electron chi connectivity index (χ1n) is 8.40. The summed E-state index contributed by atoms with van der Waals surface area (Å²) in [5.74, 6) is 0.0621. The second-order valence-corrected chi connectivity index (χ2v) is 6.93. The van der Waals surface area contributed by atoms with Crippen LogP contribution in [0.4, 0.5) is 0 Å². The molecule has 7 nitrogen and oxygen atoms in total. The summed E-state index contributed by atoms with van der Waals surface area (Å²) in [6.07, 6.45) is -7.53. The highest BCUT2D eigenvalue weighted by Gasteiger charge is 2.44. The minimum atomic E-state index is -1.50. The molecule has 2 aromatic carbocycles. The molecular weight excluding hydrogens is 376 g/mol. The zero-order chi connectivity index (χ0) is 19.7. The Kier molecular flexibility index (Phi) is 6.02. The van der Waals surface area contributed by atoms with E-state index in [2.05, 4.69) is 0 Å². The first-order chi connectivity index (χ1) is 12.8. The molecule has 0 aliphatic carbocycles. The van der Waals surface area contributed by atoms with E-state index >= 15 is 0 Å². The highest BCUT2D eigenvalue weighted by atomic mass is 35.5. The lowest BCUT2D eigenvalue weighted by Crippen LogP contribution is -2.55. The summed E-state index contributed by atoms with van der Waals surface area (Å²) in [7, 11) is 0. The fourth-order valence-electron chi connectivity index (χ4n) is 3.16. The van der Waals surface area contributed by atoms with Gasteiger partial charge in [-0.2, -0.15) is 0 Å². The van der Waals surface area contributed by atoms with Gasteiger partial charge in [0.25, 0.3) is 0 Å². The van der Waals surface area contributed by atoms with Crippen molar-refractivity contribution < 1.29 is 35.4 Å². The van der Waals surface area contributed by atoms with Gasteiger partial charge in [0.15, 0.2) is 0 Å². The molecule has 0 saturated carbocycles. The summed E-state index contributed by atoms with van der Waals surface area (Å²) < 4.78 is 5.54. The number of hydrogen-bond donors (Lipinski definition) is 6. The van der Waals surface area contributed by atoms with Crippen LogP contribution in [0.1, 0.15) is 28.9 Å². The smallest absolute Gasteiger partial charge is 0.115 e. The van der Waals surface area contributed by atoms with Crippen LogP contribution in [0.15, 0.2) is 42.5 Å². The van der Waals surface area contributed by atoms with E-state index < -0.39 is 43.2 Å². The fourth-order valence-corrected chi connectivity index (χ4v) is 3.38. The Morgan fingerprint density at radius 1 is 0.963 bits per heavy atom. The molecular formula is C19H21ClO7. The lowest BCUT2D eigenvalue weighted by Gasteiger charge is -2.40. The van der Waals surface area contributed by atoms with Crippen molar-refractivity contribution in [1.29, 1.82) is 0 Å². The van der Waals surface area contributed by atoms with Crippen LogP contribution in [0.5, 0.6) is 5.75 Å². The van der Waals surface area contributed by atoms with Crippen molar-refractivity contribution in [3.63, 3.8) is 0 Å². The molecule has 1 fully saturated rings. The monoisotopic (exact) mass is 396 g/mol. The number of aliphatic hydroxyl groups is 5. The summed E-state index contributed by atoms with van der Waals surface area (Å²) in [6.45, 7) is -0.530.